The Morgan fingerprint density at radius 1 is 1.12 bits per heavy atom. The number of ether oxygens (including phenoxy) is 2. The molecule has 1 amide bonds. The number of hydrogen-bond donors (Lipinski definition) is 1. The molecule has 1 fully saturated rings. The molecule has 10 heteroatoms. The number of pyridine rings is 1. The lowest BCUT2D eigenvalue weighted by Gasteiger charge is -2.05. The molecular formula is C22H18N6O4. The second kappa shape index (κ2) is 7.49. The predicted octanol–water partition coefficient (Wildman–Crippen LogP) is 2.85. The third-order valence-corrected chi connectivity index (χ3v) is 5.35. The van der Waals surface area contributed by atoms with Gasteiger partial charge in [-0.05, 0) is 42.7 Å². The molecule has 10 nitrogen and oxygen atoms in total. The molecule has 1 aromatic carbocycles. The van der Waals surface area contributed by atoms with Gasteiger partial charge in [-0.3, -0.25) is 9.36 Å². The first-order valence-electron chi connectivity index (χ1n) is 10.2. The summed E-state index contributed by atoms with van der Waals surface area (Å²) >= 11 is 0. The van der Waals surface area contributed by atoms with Gasteiger partial charge in [0.15, 0.2) is 17.3 Å². The van der Waals surface area contributed by atoms with E-state index >= 15 is 0 Å². The average molecular weight is 430 g/mol. The van der Waals surface area contributed by atoms with E-state index in [1.54, 1.807) is 23.3 Å². The van der Waals surface area contributed by atoms with Gasteiger partial charge in [0, 0.05) is 30.4 Å². The summed E-state index contributed by atoms with van der Waals surface area (Å²) in [4.78, 5) is 25.6. The van der Waals surface area contributed by atoms with Crippen LogP contribution in [0.5, 0.6) is 11.5 Å². The topological polar surface area (TPSA) is 117 Å². The van der Waals surface area contributed by atoms with Crippen molar-refractivity contribution in [3.8, 4) is 28.8 Å². The number of imidazole rings is 1. The maximum Gasteiger partial charge on any atom is 0.271 e. The van der Waals surface area contributed by atoms with Gasteiger partial charge in [-0.1, -0.05) is 11.2 Å². The zero-order valence-electron chi connectivity index (χ0n) is 16.9. The summed E-state index contributed by atoms with van der Waals surface area (Å²) in [6, 6.07) is 9.19. The first-order chi connectivity index (χ1) is 15.7. The summed E-state index contributed by atoms with van der Waals surface area (Å²) in [5, 5.41) is 6.92. The number of carbonyl (C=O) groups is 1. The highest BCUT2D eigenvalue weighted by Crippen LogP contribution is 2.39. The van der Waals surface area contributed by atoms with E-state index in [1.165, 1.54) is 0 Å². The van der Waals surface area contributed by atoms with Gasteiger partial charge in [-0.25, -0.2) is 9.97 Å². The molecule has 4 aromatic rings. The second-order valence-corrected chi connectivity index (χ2v) is 7.67. The predicted molar refractivity (Wildman–Crippen MR) is 110 cm³/mol. The lowest BCUT2D eigenvalue weighted by atomic mass is 10.2. The van der Waals surface area contributed by atoms with E-state index in [9.17, 15) is 4.79 Å². The van der Waals surface area contributed by atoms with Crippen molar-refractivity contribution in [1.29, 1.82) is 0 Å². The fourth-order valence-corrected chi connectivity index (χ4v) is 3.44. The maximum atomic E-state index is 12.6. The number of aromatic nitrogens is 5. The van der Waals surface area contributed by atoms with Gasteiger partial charge in [0.1, 0.15) is 17.8 Å². The van der Waals surface area contributed by atoms with Crippen LogP contribution in [0.3, 0.4) is 0 Å². The Morgan fingerprint density at radius 3 is 2.94 bits per heavy atom. The van der Waals surface area contributed by atoms with Crippen LogP contribution in [0.2, 0.25) is 0 Å². The summed E-state index contributed by atoms with van der Waals surface area (Å²) in [5.41, 5.74) is 1.95. The standard InChI is InChI=1S/C22H18N6O4/c29-21(24-9-13-1-4-17-18(7-13)31-12-30-17)16-10-28(11-25-16)19-8-15(5-6-23-19)22-26-20(27-32-22)14-2-3-14/h1,4-8,10-11,14H,2-3,9,12H2,(H,24,29). The van der Waals surface area contributed by atoms with Gasteiger partial charge >= 0.3 is 0 Å². The van der Waals surface area contributed by atoms with Crippen LogP contribution in [0.4, 0.5) is 0 Å². The molecule has 1 aliphatic carbocycles. The van der Waals surface area contributed by atoms with Crippen LogP contribution in [0.1, 0.15) is 40.6 Å². The molecule has 1 aliphatic heterocycles. The molecule has 0 spiro atoms. The van der Waals surface area contributed by atoms with E-state index in [-0.39, 0.29) is 18.4 Å². The van der Waals surface area contributed by atoms with E-state index < -0.39 is 0 Å². The Bertz CT molecular complexity index is 1310. The molecule has 0 radical (unpaired) electrons. The number of nitrogens with zero attached hydrogens (tertiary/aromatic N) is 5. The molecule has 160 valence electrons. The lowest BCUT2D eigenvalue weighted by Crippen LogP contribution is -2.23. The largest absolute Gasteiger partial charge is 0.454 e. The van der Waals surface area contributed by atoms with Crippen LogP contribution in [0, 0.1) is 0 Å². The lowest BCUT2D eigenvalue weighted by molar-refractivity contribution is 0.0946. The molecule has 0 saturated heterocycles. The van der Waals surface area contributed by atoms with Gasteiger partial charge in [-0.15, -0.1) is 0 Å². The molecule has 0 bridgehead atoms. The van der Waals surface area contributed by atoms with Gasteiger partial charge < -0.3 is 19.3 Å². The minimum atomic E-state index is -0.288. The first kappa shape index (κ1) is 18.6. The third-order valence-electron chi connectivity index (χ3n) is 5.35. The molecule has 32 heavy (non-hydrogen) atoms. The first-order valence-corrected chi connectivity index (χ1v) is 10.2. The highest BCUT2D eigenvalue weighted by Gasteiger charge is 2.29. The number of carbonyl (C=O) groups excluding carboxylic acids is 1. The van der Waals surface area contributed by atoms with Crippen molar-refractivity contribution in [2.24, 2.45) is 0 Å². The number of rotatable bonds is 6. The van der Waals surface area contributed by atoms with E-state index in [0.717, 1.165) is 29.8 Å². The zero-order valence-corrected chi connectivity index (χ0v) is 16.9. The molecule has 2 aliphatic rings. The molecule has 6 rings (SSSR count). The van der Waals surface area contributed by atoms with Crippen molar-refractivity contribution in [3.63, 3.8) is 0 Å². The van der Waals surface area contributed by atoms with E-state index in [4.69, 9.17) is 14.0 Å². The number of hydrogen-bond acceptors (Lipinski definition) is 8. The zero-order chi connectivity index (χ0) is 21.5. The van der Waals surface area contributed by atoms with Crippen molar-refractivity contribution >= 4 is 5.91 Å². The highest BCUT2D eigenvalue weighted by molar-refractivity contribution is 5.92. The fourth-order valence-electron chi connectivity index (χ4n) is 3.44. The van der Waals surface area contributed by atoms with Crippen molar-refractivity contribution in [3.05, 3.63) is 66.1 Å². The van der Waals surface area contributed by atoms with Gasteiger partial charge in [0.05, 0.1) is 0 Å². The number of amides is 1. The van der Waals surface area contributed by atoms with E-state index in [0.29, 0.717) is 35.7 Å². The summed E-state index contributed by atoms with van der Waals surface area (Å²) in [7, 11) is 0. The molecule has 1 N–H and O–H groups in total. The Hall–Kier alpha value is -4.21. The van der Waals surface area contributed by atoms with Crippen LogP contribution >= 0.6 is 0 Å². The van der Waals surface area contributed by atoms with Gasteiger partial charge in [0.2, 0.25) is 6.79 Å². The minimum absolute atomic E-state index is 0.214. The Morgan fingerprint density at radius 2 is 2.03 bits per heavy atom. The molecule has 0 unspecified atom stereocenters. The quantitative estimate of drug-likeness (QED) is 0.496. The smallest absolute Gasteiger partial charge is 0.271 e. The second-order valence-electron chi connectivity index (χ2n) is 7.67. The summed E-state index contributed by atoms with van der Waals surface area (Å²) in [5.74, 6) is 3.32. The summed E-state index contributed by atoms with van der Waals surface area (Å²) in [6.45, 7) is 0.558. The van der Waals surface area contributed by atoms with E-state index in [1.807, 2.05) is 30.3 Å². The molecule has 0 atom stereocenters. The van der Waals surface area contributed by atoms with Crippen molar-refractivity contribution in [2.75, 3.05) is 6.79 Å². The number of fused-ring (bicyclic) bond motifs is 1. The summed E-state index contributed by atoms with van der Waals surface area (Å²) < 4.78 is 17.7. The molecule has 1 saturated carbocycles. The van der Waals surface area contributed by atoms with Gasteiger partial charge in [-0.2, -0.15) is 4.98 Å². The van der Waals surface area contributed by atoms with Gasteiger partial charge in [0.25, 0.3) is 11.8 Å². The fraction of sp³-hybridized carbons (Fsp3) is 0.227. The Labute approximate surface area is 182 Å². The normalized spacial score (nSPS) is 14.5. The SMILES string of the molecule is O=C(NCc1ccc2c(c1)OCO2)c1cn(-c2cc(-c3nc(C4CC4)no3)ccn2)cn1. The van der Waals surface area contributed by atoms with Crippen molar-refractivity contribution in [2.45, 2.75) is 25.3 Å². The van der Waals surface area contributed by atoms with E-state index in [2.05, 4.69) is 25.4 Å². The molecule has 3 aromatic heterocycles. The van der Waals surface area contributed by atoms with Crippen LogP contribution in [0.25, 0.3) is 17.3 Å². The summed E-state index contributed by atoms with van der Waals surface area (Å²) in [6.07, 6.45) is 7.05. The van der Waals surface area contributed by atoms with Crippen LogP contribution in [-0.4, -0.2) is 37.4 Å². The monoisotopic (exact) mass is 430 g/mol. The van der Waals surface area contributed by atoms with Crippen LogP contribution in [0.15, 0.2) is 53.6 Å². The van der Waals surface area contributed by atoms with Crippen molar-refractivity contribution < 1.29 is 18.8 Å². The minimum Gasteiger partial charge on any atom is -0.454 e. The molecular weight excluding hydrogens is 412 g/mol. The van der Waals surface area contributed by atoms with Crippen LogP contribution < -0.4 is 14.8 Å². The third kappa shape index (κ3) is 3.55. The number of benzene rings is 1. The number of nitrogens with one attached hydrogen (secondary N) is 1. The van der Waals surface area contributed by atoms with Crippen LogP contribution in [-0.2, 0) is 6.54 Å². The Balaban J connectivity index is 1.15. The molecule has 4 heterocycles. The highest BCUT2D eigenvalue weighted by atomic mass is 16.7. The van der Waals surface area contributed by atoms with Crippen molar-refractivity contribution in [1.82, 2.24) is 30.0 Å². The average Bonchev–Trinajstić information content (AvgIpc) is 3.24. The maximum absolute atomic E-state index is 12.6. The Kier molecular flexibility index (Phi) is 4.34.